The lowest BCUT2D eigenvalue weighted by molar-refractivity contribution is 0.573. The van der Waals surface area contributed by atoms with Crippen molar-refractivity contribution in [2.75, 3.05) is 7.05 Å². The summed E-state index contributed by atoms with van der Waals surface area (Å²) in [6, 6.07) is 13.3. The molecule has 0 radical (unpaired) electrons. The molecule has 0 aliphatic rings. The first kappa shape index (κ1) is 16.2. The Hall–Kier alpha value is -1.19. The van der Waals surface area contributed by atoms with E-state index in [2.05, 4.69) is 66.3 Å². The van der Waals surface area contributed by atoms with Gasteiger partial charge in [-0.25, -0.2) is 4.39 Å². The van der Waals surface area contributed by atoms with Crippen LogP contribution in [0.5, 0.6) is 0 Å². The van der Waals surface area contributed by atoms with Crippen LogP contribution in [-0.4, -0.2) is 7.05 Å². The quantitative estimate of drug-likeness (QED) is 0.803. The topological polar surface area (TPSA) is 12.0 Å². The minimum absolute atomic E-state index is 0.120. The Morgan fingerprint density at radius 3 is 2.19 bits per heavy atom. The Kier molecular flexibility index (Phi) is 4.84. The van der Waals surface area contributed by atoms with Gasteiger partial charge in [-0.15, -0.1) is 0 Å². The summed E-state index contributed by atoms with van der Waals surface area (Å²) in [6.45, 7) is 6.56. The molecule has 0 bridgehead atoms. The maximum absolute atomic E-state index is 14.1. The highest BCUT2D eigenvalue weighted by molar-refractivity contribution is 9.10. The molecule has 0 amide bonds. The van der Waals surface area contributed by atoms with E-state index in [1.807, 2.05) is 13.1 Å². The largest absolute Gasteiger partial charge is 0.309 e. The minimum Gasteiger partial charge on any atom is -0.309 e. The van der Waals surface area contributed by atoms with Crippen LogP contribution in [0.15, 0.2) is 46.9 Å². The zero-order chi connectivity index (χ0) is 15.6. The van der Waals surface area contributed by atoms with Crippen molar-refractivity contribution >= 4 is 15.9 Å². The van der Waals surface area contributed by atoms with Gasteiger partial charge in [0.25, 0.3) is 0 Å². The molecule has 0 aliphatic heterocycles. The summed E-state index contributed by atoms with van der Waals surface area (Å²) in [7, 11) is 1.85. The number of hydrogen-bond acceptors (Lipinski definition) is 1. The first-order valence-electron chi connectivity index (χ1n) is 7.05. The van der Waals surface area contributed by atoms with Crippen molar-refractivity contribution in [3.8, 4) is 0 Å². The second-order valence-electron chi connectivity index (χ2n) is 6.26. The predicted octanol–water partition coefficient (Wildman–Crippen LogP) is 5.19. The normalized spacial score (nSPS) is 13.2. The fraction of sp³-hybridized carbons (Fsp3) is 0.333. The monoisotopic (exact) mass is 349 g/mol. The lowest BCUT2D eigenvalue weighted by atomic mass is 9.86. The van der Waals surface area contributed by atoms with Crippen LogP contribution < -0.4 is 5.32 Å². The summed E-state index contributed by atoms with van der Waals surface area (Å²) in [5.74, 6) is -0.197. The Balaban J connectivity index is 2.40. The second-order valence-corrected chi connectivity index (χ2v) is 7.18. The summed E-state index contributed by atoms with van der Waals surface area (Å²) in [6.07, 6.45) is 0. The summed E-state index contributed by atoms with van der Waals surface area (Å²) >= 11 is 3.41. The maximum Gasteiger partial charge on any atom is 0.128 e. The lowest BCUT2D eigenvalue weighted by Crippen LogP contribution is -2.19. The lowest BCUT2D eigenvalue weighted by Gasteiger charge is -2.22. The van der Waals surface area contributed by atoms with Crippen LogP contribution in [0, 0.1) is 5.82 Å². The van der Waals surface area contributed by atoms with Crippen molar-refractivity contribution in [3.05, 3.63) is 69.4 Å². The Labute approximate surface area is 134 Å². The van der Waals surface area contributed by atoms with Gasteiger partial charge in [0.15, 0.2) is 0 Å². The Bertz CT molecular complexity index is 614. The van der Waals surface area contributed by atoms with Crippen LogP contribution in [0.25, 0.3) is 0 Å². The van der Waals surface area contributed by atoms with E-state index < -0.39 is 0 Å². The average Bonchev–Trinajstić information content (AvgIpc) is 2.43. The van der Waals surface area contributed by atoms with Crippen LogP contribution in [0.2, 0.25) is 0 Å². The highest BCUT2D eigenvalue weighted by Crippen LogP contribution is 2.29. The first-order valence-corrected chi connectivity index (χ1v) is 7.85. The van der Waals surface area contributed by atoms with Crippen LogP contribution in [0.4, 0.5) is 4.39 Å². The summed E-state index contributed by atoms with van der Waals surface area (Å²) in [5.41, 5.74) is 3.10. The van der Waals surface area contributed by atoms with Crippen molar-refractivity contribution in [1.29, 1.82) is 0 Å². The third-order valence-corrected chi connectivity index (χ3v) is 4.16. The summed E-state index contributed by atoms with van der Waals surface area (Å²) in [4.78, 5) is 0. The zero-order valence-electron chi connectivity index (χ0n) is 12.9. The molecule has 0 aliphatic carbocycles. The molecule has 2 rings (SSSR count). The number of rotatable bonds is 3. The summed E-state index contributed by atoms with van der Waals surface area (Å²) in [5, 5.41) is 3.20. The molecule has 1 unspecified atom stereocenters. The molecular formula is C18H21BrFN. The highest BCUT2D eigenvalue weighted by Gasteiger charge is 2.18. The zero-order valence-corrected chi connectivity index (χ0v) is 14.5. The SMILES string of the molecule is CNC(c1ccc(C(C)(C)C)cc1)c1cc(Br)ccc1F. The van der Waals surface area contributed by atoms with E-state index in [0.29, 0.717) is 5.56 Å². The van der Waals surface area contributed by atoms with Crippen LogP contribution >= 0.6 is 15.9 Å². The molecule has 0 saturated carbocycles. The molecule has 3 heteroatoms. The van der Waals surface area contributed by atoms with E-state index in [-0.39, 0.29) is 17.3 Å². The molecule has 1 atom stereocenters. The molecule has 0 heterocycles. The molecular weight excluding hydrogens is 329 g/mol. The molecule has 112 valence electrons. The van der Waals surface area contributed by atoms with Crippen molar-refractivity contribution < 1.29 is 4.39 Å². The van der Waals surface area contributed by atoms with Crippen LogP contribution in [0.3, 0.4) is 0 Å². The van der Waals surface area contributed by atoms with Crippen molar-refractivity contribution in [3.63, 3.8) is 0 Å². The third-order valence-electron chi connectivity index (χ3n) is 3.67. The predicted molar refractivity (Wildman–Crippen MR) is 90.1 cm³/mol. The van der Waals surface area contributed by atoms with Gasteiger partial charge in [-0.1, -0.05) is 61.0 Å². The van der Waals surface area contributed by atoms with Crippen LogP contribution in [-0.2, 0) is 5.41 Å². The summed E-state index contributed by atoms with van der Waals surface area (Å²) < 4.78 is 15.0. The van der Waals surface area contributed by atoms with Crippen LogP contribution in [0.1, 0.15) is 43.5 Å². The number of nitrogens with one attached hydrogen (secondary N) is 1. The van der Waals surface area contributed by atoms with Gasteiger partial charge in [0.2, 0.25) is 0 Å². The smallest absolute Gasteiger partial charge is 0.128 e. The first-order chi connectivity index (χ1) is 9.82. The molecule has 2 aromatic carbocycles. The van der Waals surface area contributed by atoms with E-state index in [0.717, 1.165) is 10.0 Å². The van der Waals surface area contributed by atoms with Crippen molar-refractivity contribution in [1.82, 2.24) is 5.32 Å². The molecule has 21 heavy (non-hydrogen) atoms. The maximum atomic E-state index is 14.1. The highest BCUT2D eigenvalue weighted by atomic mass is 79.9. The molecule has 0 saturated heterocycles. The van der Waals surface area contributed by atoms with Crippen molar-refractivity contribution in [2.45, 2.75) is 32.2 Å². The van der Waals surface area contributed by atoms with E-state index in [1.54, 1.807) is 6.07 Å². The molecule has 1 nitrogen and oxygen atoms in total. The van der Waals surface area contributed by atoms with Gasteiger partial charge in [-0.05, 0) is 41.8 Å². The molecule has 0 fully saturated rings. The second kappa shape index (κ2) is 6.29. The standard InChI is InChI=1S/C18H21BrFN/c1-18(2,3)13-7-5-12(6-8-13)17(21-4)15-11-14(19)9-10-16(15)20/h5-11,17,21H,1-4H3. The van der Waals surface area contributed by atoms with E-state index in [4.69, 9.17) is 0 Å². The van der Waals surface area contributed by atoms with Gasteiger partial charge in [-0.2, -0.15) is 0 Å². The third kappa shape index (κ3) is 3.72. The van der Waals surface area contributed by atoms with Gasteiger partial charge < -0.3 is 5.32 Å². The van der Waals surface area contributed by atoms with E-state index >= 15 is 0 Å². The van der Waals surface area contributed by atoms with Gasteiger partial charge in [0.1, 0.15) is 5.82 Å². The van der Waals surface area contributed by atoms with E-state index in [9.17, 15) is 4.39 Å². The Morgan fingerprint density at radius 2 is 1.67 bits per heavy atom. The molecule has 1 N–H and O–H groups in total. The molecule has 2 aromatic rings. The van der Waals surface area contributed by atoms with Gasteiger partial charge in [-0.3, -0.25) is 0 Å². The molecule has 0 spiro atoms. The fourth-order valence-corrected chi connectivity index (χ4v) is 2.79. The number of hydrogen-bond donors (Lipinski definition) is 1. The van der Waals surface area contributed by atoms with Gasteiger partial charge in [0.05, 0.1) is 6.04 Å². The van der Waals surface area contributed by atoms with Gasteiger partial charge >= 0.3 is 0 Å². The Morgan fingerprint density at radius 1 is 1.05 bits per heavy atom. The number of halogens is 2. The van der Waals surface area contributed by atoms with Gasteiger partial charge in [0, 0.05) is 10.0 Å². The van der Waals surface area contributed by atoms with E-state index in [1.165, 1.54) is 11.6 Å². The fourth-order valence-electron chi connectivity index (χ4n) is 2.41. The minimum atomic E-state index is -0.197. The number of benzene rings is 2. The molecule has 0 aromatic heterocycles. The average molecular weight is 350 g/mol. The van der Waals surface area contributed by atoms with Crippen molar-refractivity contribution in [2.24, 2.45) is 0 Å².